The zero-order valence-electron chi connectivity index (χ0n) is 6.75. The summed E-state index contributed by atoms with van der Waals surface area (Å²) in [5.41, 5.74) is 0. The van der Waals surface area contributed by atoms with Gasteiger partial charge in [-0.3, -0.25) is 4.79 Å². The summed E-state index contributed by atoms with van der Waals surface area (Å²) in [6.45, 7) is 0. The monoisotopic (exact) mass is 158 g/mol. The predicted molar refractivity (Wildman–Crippen MR) is 40.4 cm³/mol. The molecule has 3 heteroatoms. The largest absolute Gasteiger partial charge is 0.481 e. The Labute approximate surface area is 66.4 Å². The molecule has 0 bridgehead atoms. The van der Waals surface area contributed by atoms with Crippen LogP contribution in [0.4, 0.5) is 0 Å². The Morgan fingerprint density at radius 2 is 2.27 bits per heavy atom. The van der Waals surface area contributed by atoms with E-state index in [9.17, 15) is 4.79 Å². The number of aliphatic carboxylic acids is 1. The van der Waals surface area contributed by atoms with E-state index in [1.54, 1.807) is 7.11 Å². The van der Waals surface area contributed by atoms with Gasteiger partial charge in [0.2, 0.25) is 0 Å². The molecular formula is C8H14O3. The van der Waals surface area contributed by atoms with E-state index in [4.69, 9.17) is 9.84 Å². The molecule has 1 N–H and O–H groups in total. The highest BCUT2D eigenvalue weighted by Gasteiger charge is 2.26. The minimum atomic E-state index is -0.674. The second-order valence-corrected chi connectivity index (χ2v) is 3.06. The van der Waals surface area contributed by atoms with Crippen molar-refractivity contribution in [2.45, 2.75) is 31.8 Å². The standard InChI is InChI=1S/C8H14O3/c1-11-7-4-2-3-6(5-7)8(9)10/h6-7H,2-5H2,1H3,(H,9,10)/t6-,7-/m0/s1. The van der Waals surface area contributed by atoms with Crippen LogP contribution in [0.15, 0.2) is 0 Å². The van der Waals surface area contributed by atoms with E-state index < -0.39 is 5.97 Å². The Morgan fingerprint density at radius 3 is 2.82 bits per heavy atom. The average Bonchev–Trinajstić information content (AvgIpc) is 2.05. The Kier molecular flexibility index (Phi) is 2.88. The van der Waals surface area contributed by atoms with Gasteiger partial charge in [-0.15, -0.1) is 0 Å². The van der Waals surface area contributed by atoms with Crippen molar-refractivity contribution < 1.29 is 14.6 Å². The van der Waals surface area contributed by atoms with Gasteiger partial charge in [-0.05, 0) is 19.3 Å². The van der Waals surface area contributed by atoms with Crippen molar-refractivity contribution in [3.63, 3.8) is 0 Å². The van der Waals surface area contributed by atoms with Crippen molar-refractivity contribution in [2.75, 3.05) is 7.11 Å². The minimum absolute atomic E-state index is 0.171. The highest BCUT2D eigenvalue weighted by atomic mass is 16.5. The number of rotatable bonds is 2. The molecule has 0 radical (unpaired) electrons. The molecule has 1 rings (SSSR count). The van der Waals surface area contributed by atoms with Gasteiger partial charge < -0.3 is 9.84 Å². The molecule has 1 saturated carbocycles. The maximum Gasteiger partial charge on any atom is 0.306 e. The van der Waals surface area contributed by atoms with Crippen LogP contribution in [0.25, 0.3) is 0 Å². The molecule has 0 aromatic heterocycles. The van der Waals surface area contributed by atoms with Crippen LogP contribution in [0.1, 0.15) is 25.7 Å². The predicted octanol–water partition coefficient (Wildman–Crippen LogP) is 1.28. The number of carbonyl (C=O) groups is 1. The summed E-state index contributed by atoms with van der Waals surface area (Å²) in [6.07, 6.45) is 3.67. The molecule has 0 amide bonds. The molecular weight excluding hydrogens is 144 g/mol. The van der Waals surface area contributed by atoms with Crippen molar-refractivity contribution >= 4 is 5.97 Å². The zero-order valence-corrected chi connectivity index (χ0v) is 6.75. The lowest BCUT2D eigenvalue weighted by Gasteiger charge is -2.25. The van der Waals surface area contributed by atoms with Gasteiger partial charge in [0.15, 0.2) is 0 Å². The second-order valence-electron chi connectivity index (χ2n) is 3.06. The van der Waals surface area contributed by atoms with Crippen LogP contribution in [0.5, 0.6) is 0 Å². The van der Waals surface area contributed by atoms with Gasteiger partial charge in [0.25, 0.3) is 0 Å². The van der Waals surface area contributed by atoms with E-state index in [-0.39, 0.29) is 12.0 Å². The van der Waals surface area contributed by atoms with Gasteiger partial charge >= 0.3 is 5.97 Å². The quantitative estimate of drug-likeness (QED) is 0.658. The molecule has 0 aromatic rings. The van der Waals surface area contributed by atoms with E-state index >= 15 is 0 Å². The highest BCUT2D eigenvalue weighted by molar-refractivity contribution is 5.70. The number of methoxy groups -OCH3 is 1. The molecule has 1 aliphatic carbocycles. The van der Waals surface area contributed by atoms with Crippen LogP contribution in [-0.4, -0.2) is 24.3 Å². The third-order valence-electron chi connectivity index (χ3n) is 2.31. The lowest BCUT2D eigenvalue weighted by Crippen LogP contribution is -2.26. The van der Waals surface area contributed by atoms with Crippen LogP contribution < -0.4 is 0 Å². The molecule has 11 heavy (non-hydrogen) atoms. The van der Waals surface area contributed by atoms with E-state index in [1.165, 1.54) is 0 Å². The van der Waals surface area contributed by atoms with E-state index in [1.807, 2.05) is 0 Å². The Hall–Kier alpha value is -0.570. The second kappa shape index (κ2) is 3.72. The smallest absolute Gasteiger partial charge is 0.306 e. The van der Waals surface area contributed by atoms with Crippen molar-refractivity contribution in [1.29, 1.82) is 0 Å². The molecule has 1 aliphatic rings. The third-order valence-corrected chi connectivity index (χ3v) is 2.31. The van der Waals surface area contributed by atoms with Gasteiger partial charge in [-0.25, -0.2) is 0 Å². The Bertz CT molecular complexity index is 144. The molecule has 2 atom stereocenters. The van der Waals surface area contributed by atoms with E-state index in [0.29, 0.717) is 6.42 Å². The summed E-state index contributed by atoms with van der Waals surface area (Å²) in [6, 6.07) is 0. The fourth-order valence-electron chi connectivity index (χ4n) is 1.58. The van der Waals surface area contributed by atoms with Crippen molar-refractivity contribution in [2.24, 2.45) is 5.92 Å². The first-order valence-corrected chi connectivity index (χ1v) is 3.99. The average molecular weight is 158 g/mol. The Balaban J connectivity index is 2.39. The Morgan fingerprint density at radius 1 is 1.55 bits per heavy atom. The SMILES string of the molecule is CO[C@H]1CCC[C@H](C(=O)O)C1. The molecule has 0 unspecified atom stereocenters. The summed E-state index contributed by atoms with van der Waals surface area (Å²) >= 11 is 0. The van der Waals surface area contributed by atoms with Crippen molar-refractivity contribution in [3.05, 3.63) is 0 Å². The van der Waals surface area contributed by atoms with Crippen LogP contribution in [-0.2, 0) is 9.53 Å². The summed E-state index contributed by atoms with van der Waals surface area (Å²) in [5, 5.41) is 8.70. The number of carboxylic acids is 1. The van der Waals surface area contributed by atoms with Gasteiger partial charge in [0, 0.05) is 7.11 Å². The first-order chi connectivity index (χ1) is 5.24. The lowest BCUT2D eigenvalue weighted by atomic mass is 9.87. The normalized spacial score (nSPS) is 31.7. The van der Waals surface area contributed by atoms with Crippen LogP contribution in [0, 0.1) is 5.92 Å². The molecule has 0 spiro atoms. The maximum absolute atomic E-state index is 10.6. The van der Waals surface area contributed by atoms with Crippen LogP contribution in [0.2, 0.25) is 0 Å². The number of hydrogen-bond acceptors (Lipinski definition) is 2. The van der Waals surface area contributed by atoms with E-state index in [0.717, 1.165) is 19.3 Å². The number of carboxylic acid groups (broad SMARTS) is 1. The molecule has 0 aromatic carbocycles. The topological polar surface area (TPSA) is 46.5 Å². The fourth-order valence-corrected chi connectivity index (χ4v) is 1.58. The fraction of sp³-hybridized carbons (Fsp3) is 0.875. The highest BCUT2D eigenvalue weighted by Crippen LogP contribution is 2.25. The summed E-state index contributed by atoms with van der Waals surface area (Å²) in [4.78, 5) is 10.6. The zero-order chi connectivity index (χ0) is 8.27. The molecule has 3 nitrogen and oxygen atoms in total. The van der Waals surface area contributed by atoms with Crippen LogP contribution >= 0.6 is 0 Å². The van der Waals surface area contributed by atoms with Gasteiger partial charge in [0.05, 0.1) is 12.0 Å². The van der Waals surface area contributed by atoms with Crippen LogP contribution in [0.3, 0.4) is 0 Å². The maximum atomic E-state index is 10.6. The van der Waals surface area contributed by atoms with E-state index in [2.05, 4.69) is 0 Å². The summed E-state index contributed by atoms with van der Waals surface area (Å²) in [5.74, 6) is -0.847. The number of hydrogen-bond donors (Lipinski definition) is 1. The lowest BCUT2D eigenvalue weighted by molar-refractivity contribution is -0.144. The van der Waals surface area contributed by atoms with Gasteiger partial charge in [0.1, 0.15) is 0 Å². The minimum Gasteiger partial charge on any atom is -0.481 e. The molecule has 1 fully saturated rings. The molecule has 0 aliphatic heterocycles. The molecule has 0 saturated heterocycles. The molecule has 0 heterocycles. The summed E-state index contributed by atoms with van der Waals surface area (Å²) < 4.78 is 5.11. The first kappa shape index (κ1) is 8.53. The third kappa shape index (κ3) is 2.19. The van der Waals surface area contributed by atoms with Gasteiger partial charge in [-0.2, -0.15) is 0 Å². The number of ether oxygens (including phenoxy) is 1. The summed E-state index contributed by atoms with van der Waals surface area (Å²) in [7, 11) is 1.65. The van der Waals surface area contributed by atoms with Crippen molar-refractivity contribution in [1.82, 2.24) is 0 Å². The molecule has 64 valence electrons. The van der Waals surface area contributed by atoms with Crippen molar-refractivity contribution in [3.8, 4) is 0 Å². The van der Waals surface area contributed by atoms with Gasteiger partial charge in [-0.1, -0.05) is 6.42 Å². The first-order valence-electron chi connectivity index (χ1n) is 3.99.